The van der Waals surface area contributed by atoms with Gasteiger partial charge in [0.25, 0.3) is 5.56 Å². The van der Waals surface area contributed by atoms with Gasteiger partial charge in [-0.1, -0.05) is 42.5 Å². The molecule has 0 atom stereocenters. The number of benzene rings is 2. The number of methoxy groups -OCH3 is 1. The molecule has 0 radical (unpaired) electrons. The highest BCUT2D eigenvalue weighted by molar-refractivity contribution is 5.80. The summed E-state index contributed by atoms with van der Waals surface area (Å²) >= 11 is 0. The zero-order valence-electron chi connectivity index (χ0n) is 19.4. The van der Waals surface area contributed by atoms with E-state index in [2.05, 4.69) is 0 Å². The van der Waals surface area contributed by atoms with Gasteiger partial charge >= 0.3 is 5.97 Å². The summed E-state index contributed by atoms with van der Waals surface area (Å²) in [6.07, 6.45) is 3.85. The van der Waals surface area contributed by atoms with Crippen molar-refractivity contribution >= 4 is 5.97 Å². The van der Waals surface area contributed by atoms with Gasteiger partial charge in [0.1, 0.15) is 12.4 Å². The van der Waals surface area contributed by atoms with Crippen LogP contribution in [0.15, 0.2) is 65.5 Å². The van der Waals surface area contributed by atoms with Crippen LogP contribution in [0.4, 0.5) is 0 Å². The minimum Gasteiger partial charge on any atom is -0.497 e. The van der Waals surface area contributed by atoms with E-state index in [4.69, 9.17) is 19.7 Å². The van der Waals surface area contributed by atoms with Gasteiger partial charge in [-0.25, -0.2) is 9.48 Å². The maximum Gasteiger partial charge on any atom is 0.329 e. The minimum absolute atomic E-state index is 0.114. The van der Waals surface area contributed by atoms with E-state index in [1.807, 2.05) is 54.6 Å². The van der Waals surface area contributed by atoms with Crippen molar-refractivity contribution in [3.8, 4) is 28.1 Å². The molecule has 178 valence electrons. The number of carboxylic acids is 1. The van der Waals surface area contributed by atoms with Crippen molar-refractivity contribution in [3.05, 3.63) is 71.0 Å². The summed E-state index contributed by atoms with van der Waals surface area (Å²) in [6, 6.07) is 19.2. The van der Waals surface area contributed by atoms with Crippen molar-refractivity contribution in [2.75, 3.05) is 20.3 Å². The number of rotatable bonds is 9. The molecule has 1 aromatic heterocycles. The summed E-state index contributed by atoms with van der Waals surface area (Å²) in [5.41, 5.74) is 3.28. The first-order valence-corrected chi connectivity index (χ1v) is 11.6. The van der Waals surface area contributed by atoms with Crippen molar-refractivity contribution < 1.29 is 19.4 Å². The van der Waals surface area contributed by atoms with Crippen molar-refractivity contribution in [3.63, 3.8) is 0 Å². The van der Waals surface area contributed by atoms with Gasteiger partial charge in [0.2, 0.25) is 0 Å². The van der Waals surface area contributed by atoms with Gasteiger partial charge in [-0.2, -0.15) is 5.10 Å². The molecule has 7 nitrogen and oxygen atoms in total. The molecule has 0 bridgehead atoms. The molecular weight excluding hydrogens is 432 g/mol. The number of carboxylic acid groups (broad SMARTS) is 1. The van der Waals surface area contributed by atoms with E-state index in [9.17, 15) is 9.59 Å². The maximum atomic E-state index is 13.1. The predicted octanol–water partition coefficient (Wildman–Crippen LogP) is 4.49. The highest BCUT2D eigenvalue weighted by Gasteiger charge is 2.23. The van der Waals surface area contributed by atoms with Crippen LogP contribution in [0.2, 0.25) is 0 Å². The molecule has 7 heteroatoms. The molecule has 1 N–H and O–H groups in total. The van der Waals surface area contributed by atoms with E-state index in [0.29, 0.717) is 25.0 Å². The van der Waals surface area contributed by atoms with Gasteiger partial charge in [0.05, 0.1) is 19.4 Å². The Kier molecular flexibility index (Phi) is 7.75. The zero-order valence-corrected chi connectivity index (χ0v) is 19.4. The lowest BCUT2D eigenvalue weighted by Crippen LogP contribution is -2.29. The molecule has 1 aliphatic rings. The van der Waals surface area contributed by atoms with Crippen LogP contribution >= 0.6 is 0 Å². The van der Waals surface area contributed by atoms with E-state index in [1.165, 1.54) is 0 Å². The van der Waals surface area contributed by atoms with E-state index >= 15 is 0 Å². The third-order valence-corrected chi connectivity index (χ3v) is 6.40. The smallest absolute Gasteiger partial charge is 0.329 e. The summed E-state index contributed by atoms with van der Waals surface area (Å²) < 4.78 is 12.3. The molecule has 1 heterocycles. The van der Waals surface area contributed by atoms with E-state index in [-0.39, 0.29) is 12.2 Å². The Morgan fingerprint density at radius 2 is 1.71 bits per heavy atom. The van der Waals surface area contributed by atoms with Crippen molar-refractivity contribution in [2.24, 2.45) is 11.8 Å². The second-order valence-electron chi connectivity index (χ2n) is 8.82. The molecule has 0 spiro atoms. The van der Waals surface area contributed by atoms with Crippen LogP contribution in [0.3, 0.4) is 0 Å². The summed E-state index contributed by atoms with van der Waals surface area (Å²) in [4.78, 5) is 23.7. The number of nitrogens with zero attached hydrogens (tertiary/aromatic N) is 2. The zero-order chi connectivity index (χ0) is 23.9. The van der Waals surface area contributed by atoms with Gasteiger partial charge in [-0.3, -0.25) is 4.79 Å². The normalized spacial score (nSPS) is 17.9. The third-order valence-electron chi connectivity index (χ3n) is 6.40. The molecule has 0 aliphatic heterocycles. The fraction of sp³-hybridized carbons (Fsp3) is 0.370. The van der Waals surface area contributed by atoms with Gasteiger partial charge in [-0.05, 0) is 55.2 Å². The van der Waals surface area contributed by atoms with Crippen LogP contribution in [0.25, 0.3) is 22.4 Å². The van der Waals surface area contributed by atoms with Crippen LogP contribution in [-0.2, 0) is 16.1 Å². The molecule has 4 rings (SSSR count). The lowest BCUT2D eigenvalue weighted by molar-refractivity contribution is -0.142. The van der Waals surface area contributed by atoms with Gasteiger partial charge in [-0.15, -0.1) is 0 Å². The maximum absolute atomic E-state index is 13.1. The Morgan fingerprint density at radius 3 is 2.41 bits per heavy atom. The Bertz CT molecular complexity index is 1170. The van der Waals surface area contributed by atoms with Crippen LogP contribution in [0, 0.1) is 11.8 Å². The summed E-state index contributed by atoms with van der Waals surface area (Å²) in [5, 5.41) is 13.6. The van der Waals surface area contributed by atoms with Gasteiger partial charge in [0, 0.05) is 23.7 Å². The molecule has 1 fully saturated rings. The average molecular weight is 463 g/mol. The first-order valence-electron chi connectivity index (χ1n) is 11.6. The Balaban J connectivity index is 1.56. The predicted molar refractivity (Wildman–Crippen MR) is 130 cm³/mol. The Hall–Kier alpha value is -3.45. The number of carbonyl (C=O) groups is 1. The molecule has 2 aromatic carbocycles. The first kappa shape index (κ1) is 23.7. The second-order valence-corrected chi connectivity index (χ2v) is 8.82. The monoisotopic (exact) mass is 462 g/mol. The van der Waals surface area contributed by atoms with Crippen LogP contribution in [0.1, 0.15) is 25.7 Å². The largest absolute Gasteiger partial charge is 0.497 e. The molecule has 34 heavy (non-hydrogen) atoms. The molecule has 1 aliphatic carbocycles. The fourth-order valence-electron chi connectivity index (χ4n) is 4.58. The number of hydrogen-bond acceptors (Lipinski definition) is 5. The average Bonchev–Trinajstić information content (AvgIpc) is 2.86. The topological polar surface area (TPSA) is 90.7 Å². The number of aliphatic carboxylic acids is 1. The van der Waals surface area contributed by atoms with Crippen LogP contribution in [0.5, 0.6) is 5.75 Å². The number of aromatic nitrogens is 2. The molecule has 0 unspecified atom stereocenters. The van der Waals surface area contributed by atoms with Gasteiger partial charge in [0.15, 0.2) is 0 Å². The van der Waals surface area contributed by atoms with E-state index in [1.54, 1.807) is 17.9 Å². The van der Waals surface area contributed by atoms with Crippen molar-refractivity contribution in [1.82, 2.24) is 9.78 Å². The fourth-order valence-corrected chi connectivity index (χ4v) is 4.58. The SMILES string of the molecule is COc1cccc(-c2nn(C[C@H]3CC[C@H](COCC(=O)O)CC3)c(=O)cc2-c2ccccc2)c1. The first-order chi connectivity index (χ1) is 16.5. The Morgan fingerprint density at radius 1 is 1.00 bits per heavy atom. The summed E-state index contributed by atoms with van der Waals surface area (Å²) in [5.74, 6) is 0.513. The molecule has 0 saturated heterocycles. The minimum atomic E-state index is -0.940. The van der Waals surface area contributed by atoms with E-state index in [0.717, 1.165) is 53.8 Å². The van der Waals surface area contributed by atoms with Gasteiger partial charge < -0.3 is 14.6 Å². The summed E-state index contributed by atoms with van der Waals surface area (Å²) in [6.45, 7) is 0.788. The molecule has 3 aromatic rings. The van der Waals surface area contributed by atoms with Crippen LogP contribution < -0.4 is 10.3 Å². The van der Waals surface area contributed by atoms with Crippen molar-refractivity contribution in [1.29, 1.82) is 0 Å². The molecular formula is C27H30N2O5. The van der Waals surface area contributed by atoms with Crippen molar-refractivity contribution in [2.45, 2.75) is 32.2 Å². The second kappa shape index (κ2) is 11.1. The van der Waals surface area contributed by atoms with E-state index < -0.39 is 5.97 Å². The lowest BCUT2D eigenvalue weighted by atomic mass is 9.82. The number of ether oxygens (including phenoxy) is 2. The lowest BCUT2D eigenvalue weighted by Gasteiger charge is -2.28. The standard InChI is InChI=1S/C27H30N2O5/c1-33-23-9-5-8-22(14-23)27-24(21-6-3-2-4-7-21)15-25(30)29(28-27)16-19-10-12-20(13-11-19)17-34-18-26(31)32/h2-9,14-15,19-20H,10-13,16-18H2,1H3,(H,31,32)/t19-,20-. The highest BCUT2D eigenvalue weighted by Crippen LogP contribution is 2.32. The molecule has 1 saturated carbocycles. The highest BCUT2D eigenvalue weighted by atomic mass is 16.5. The Labute approximate surface area is 199 Å². The summed E-state index contributed by atoms with van der Waals surface area (Å²) in [7, 11) is 1.63. The number of hydrogen-bond donors (Lipinski definition) is 1. The quantitative estimate of drug-likeness (QED) is 0.504. The molecule has 0 amide bonds. The van der Waals surface area contributed by atoms with Crippen LogP contribution in [-0.4, -0.2) is 41.2 Å². The third kappa shape index (κ3) is 5.91.